The van der Waals surface area contributed by atoms with Crippen molar-refractivity contribution in [3.63, 3.8) is 0 Å². The maximum atomic E-state index is 11.0. The fraction of sp³-hybridized carbons (Fsp3) is 0.143. The molecule has 0 N–H and O–H groups in total. The molecule has 0 aliphatic heterocycles. The van der Waals surface area contributed by atoms with E-state index in [0.29, 0.717) is 12.0 Å². The maximum Gasteiger partial charge on any atom is 0.272 e. The van der Waals surface area contributed by atoms with Crippen molar-refractivity contribution in [1.29, 1.82) is 0 Å². The summed E-state index contributed by atoms with van der Waals surface area (Å²) in [5.41, 5.74) is 1.69. The highest BCUT2D eigenvalue weighted by Crippen LogP contribution is 2.31. The second kappa shape index (κ2) is 6.17. The quantitative estimate of drug-likeness (QED) is 0.452. The molecule has 2 aromatic carbocycles. The van der Waals surface area contributed by atoms with Crippen molar-refractivity contribution in [2.45, 2.75) is 11.8 Å². The minimum atomic E-state index is -0.379. The number of benzene rings is 2. The number of nitro benzene ring substituents is 1. The molecule has 3 nitrogen and oxygen atoms in total. The lowest BCUT2D eigenvalue weighted by atomic mass is 10.0. The topological polar surface area (TPSA) is 43.1 Å². The summed E-state index contributed by atoms with van der Waals surface area (Å²) in [6.07, 6.45) is 0.418. The normalized spacial score (nSPS) is 12.1. The van der Waals surface area contributed by atoms with E-state index in [2.05, 4.69) is 15.9 Å². The van der Waals surface area contributed by atoms with Crippen LogP contribution in [-0.2, 0) is 6.42 Å². The predicted molar refractivity (Wildman–Crippen MR) is 79.5 cm³/mol. The SMILES string of the molecule is O=[N+]([O-])c1ccc(Br)cc1CC(Cl)c1ccccc1. The minimum Gasteiger partial charge on any atom is -0.258 e. The van der Waals surface area contributed by atoms with Crippen LogP contribution in [-0.4, -0.2) is 4.92 Å². The molecular formula is C14H11BrClNO2. The molecule has 0 aliphatic carbocycles. The summed E-state index contributed by atoms with van der Waals surface area (Å²) in [5.74, 6) is 0. The van der Waals surface area contributed by atoms with E-state index in [1.54, 1.807) is 12.1 Å². The van der Waals surface area contributed by atoms with Crippen LogP contribution in [0.2, 0.25) is 0 Å². The zero-order valence-electron chi connectivity index (χ0n) is 9.92. The molecule has 0 saturated carbocycles. The van der Waals surface area contributed by atoms with Gasteiger partial charge in [-0.3, -0.25) is 10.1 Å². The van der Waals surface area contributed by atoms with Crippen molar-refractivity contribution in [3.05, 3.63) is 74.2 Å². The number of nitro groups is 1. The van der Waals surface area contributed by atoms with Crippen molar-refractivity contribution in [2.75, 3.05) is 0 Å². The van der Waals surface area contributed by atoms with Gasteiger partial charge in [0.05, 0.1) is 10.3 Å². The summed E-state index contributed by atoms with van der Waals surface area (Å²) in [6.45, 7) is 0. The summed E-state index contributed by atoms with van der Waals surface area (Å²) in [5, 5.41) is 10.7. The molecule has 0 bridgehead atoms. The lowest BCUT2D eigenvalue weighted by Crippen LogP contribution is -2.00. The second-order valence-electron chi connectivity index (χ2n) is 4.11. The average Bonchev–Trinajstić information content (AvgIpc) is 2.39. The smallest absolute Gasteiger partial charge is 0.258 e. The van der Waals surface area contributed by atoms with Crippen LogP contribution in [0.5, 0.6) is 0 Å². The van der Waals surface area contributed by atoms with E-state index in [0.717, 1.165) is 10.0 Å². The van der Waals surface area contributed by atoms with Crippen LogP contribution < -0.4 is 0 Å². The van der Waals surface area contributed by atoms with Gasteiger partial charge in [-0.2, -0.15) is 0 Å². The van der Waals surface area contributed by atoms with Crippen LogP contribution in [0.15, 0.2) is 53.0 Å². The Bertz CT molecular complexity index is 589. The molecular weight excluding hydrogens is 330 g/mol. The van der Waals surface area contributed by atoms with E-state index in [1.165, 1.54) is 6.07 Å². The van der Waals surface area contributed by atoms with Gasteiger partial charge in [0, 0.05) is 16.1 Å². The number of nitrogens with zero attached hydrogens (tertiary/aromatic N) is 1. The zero-order valence-corrected chi connectivity index (χ0v) is 12.3. The van der Waals surface area contributed by atoms with Gasteiger partial charge in [-0.1, -0.05) is 46.3 Å². The van der Waals surface area contributed by atoms with Gasteiger partial charge in [0.15, 0.2) is 0 Å². The molecule has 2 rings (SSSR count). The van der Waals surface area contributed by atoms with Crippen LogP contribution >= 0.6 is 27.5 Å². The van der Waals surface area contributed by atoms with E-state index in [9.17, 15) is 10.1 Å². The Kier molecular flexibility index (Phi) is 4.56. The third-order valence-corrected chi connectivity index (χ3v) is 3.70. The number of hydrogen-bond donors (Lipinski definition) is 0. The third-order valence-electron chi connectivity index (χ3n) is 2.80. The Labute approximate surface area is 124 Å². The van der Waals surface area contributed by atoms with Gasteiger partial charge in [-0.15, -0.1) is 11.6 Å². The van der Waals surface area contributed by atoms with Gasteiger partial charge in [0.2, 0.25) is 0 Å². The maximum absolute atomic E-state index is 11.0. The van der Waals surface area contributed by atoms with E-state index in [4.69, 9.17) is 11.6 Å². The van der Waals surface area contributed by atoms with Crippen molar-refractivity contribution >= 4 is 33.2 Å². The van der Waals surface area contributed by atoms with Gasteiger partial charge in [0.1, 0.15) is 0 Å². The Hall–Kier alpha value is -1.39. The van der Waals surface area contributed by atoms with Crippen molar-refractivity contribution in [1.82, 2.24) is 0 Å². The predicted octanol–water partition coefficient (Wildman–Crippen LogP) is 4.88. The van der Waals surface area contributed by atoms with Crippen LogP contribution in [0.3, 0.4) is 0 Å². The van der Waals surface area contributed by atoms with Crippen LogP contribution in [0.25, 0.3) is 0 Å². The highest BCUT2D eigenvalue weighted by molar-refractivity contribution is 9.10. The number of hydrogen-bond acceptors (Lipinski definition) is 2. The molecule has 5 heteroatoms. The third kappa shape index (κ3) is 3.55. The molecule has 1 atom stereocenters. The fourth-order valence-corrected chi connectivity index (χ4v) is 2.59. The number of rotatable bonds is 4. The summed E-state index contributed by atoms with van der Waals surface area (Å²) in [6, 6.07) is 14.5. The summed E-state index contributed by atoms with van der Waals surface area (Å²) in [7, 11) is 0. The lowest BCUT2D eigenvalue weighted by Gasteiger charge is -2.10. The molecule has 1 unspecified atom stereocenters. The number of halogens is 2. The Morgan fingerprint density at radius 1 is 1.21 bits per heavy atom. The molecule has 98 valence electrons. The molecule has 19 heavy (non-hydrogen) atoms. The van der Waals surface area contributed by atoms with Gasteiger partial charge in [0.25, 0.3) is 5.69 Å². The summed E-state index contributed by atoms with van der Waals surface area (Å²) in [4.78, 5) is 10.6. The van der Waals surface area contributed by atoms with E-state index < -0.39 is 0 Å². The second-order valence-corrected chi connectivity index (χ2v) is 5.55. The fourth-order valence-electron chi connectivity index (χ4n) is 1.87. The molecule has 0 fully saturated rings. The molecule has 0 aliphatic rings. The molecule has 0 spiro atoms. The standard InChI is InChI=1S/C14H11BrClNO2/c15-12-6-7-14(17(18)19)11(8-12)9-13(16)10-4-2-1-3-5-10/h1-8,13H,9H2. The Morgan fingerprint density at radius 2 is 1.89 bits per heavy atom. The van der Waals surface area contributed by atoms with Crippen LogP contribution in [0, 0.1) is 10.1 Å². The first kappa shape index (κ1) is 14.0. The van der Waals surface area contributed by atoms with Crippen molar-refractivity contribution in [2.24, 2.45) is 0 Å². The first-order valence-electron chi connectivity index (χ1n) is 5.70. The summed E-state index contributed by atoms with van der Waals surface area (Å²) >= 11 is 9.66. The highest BCUT2D eigenvalue weighted by atomic mass is 79.9. The Balaban J connectivity index is 2.28. The van der Waals surface area contributed by atoms with Gasteiger partial charge in [-0.25, -0.2) is 0 Å². The molecule has 0 radical (unpaired) electrons. The largest absolute Gasteiger partial charge is 0.272 e. The van der Waals surface area contributed by atoms with Crippen molar-refractivity contribution in [3.8, 4) is 0 Å². The average molecular weight is 341 g/mol. The highest BCUT2D eigenvalue weighted by Gasteiger charge is 2.18. The van der Waals surface area contributed by atoms with E-state index >= 15 is 0 Å². The molecule has 0 amide bonds. The Morgan fingerprint density at radius 3 is 2.53 bits per heavy atom. The first-order valence-corrected chi connectivity index (χ1v) is 6.92. The van der Waals surface area contributed by atoms with E-state index in [-0.39, 0.29) is 16.0 Å². The zero-order chi connectivity index (χ0) is 13.8. The first-order chi connectivity index (χ1) is 9.08. The van der Waals surface area contributed by atoms with Gasteiger partial charge in [-0.05, 0) is 24.1 Å². The lowest BCUT2D eigenvalue weighted by molar-refractivity contribution is -0.385. The molecule has 0 aromatic heterocycles. The summed E-state index contributed by atoms with van der Waals surface area (Å²) < 4.78 is 0.810. The van der Waals surface area contributed by atoms with Crippen molar-refractivity contribution < 1.29 is 4.92 Å². The van der Waals surface area contributed by atoms with Gasteiger partial charge >= 0.3 is 0 Å². The van der Waals surface area contributed by atoms with Crippen LogP contribution in [0.4, 0.5) is 5.69 Å². The molecule has 2 aromatic rings. The molecule has 0 saturated heterocycles. The monoisotopic (exact) mass is 339 g/mol. The van der Waals surface area contributed by atoms with Gasteiger partial charge < -0.3 is 0 Å². The minimum absolute atomic E-state index is 0.102. The van der Waals surface area contributed by atoms with E-state index in [1.807, 2.05) is 30.3 Å². The van der Waals surface area contributed by atoms with Crippen LogP contribution in [0.1, 0.15) is 16.5 Å². The molecule has 0 heterocycles. The number of alkyl halides is 1.